The minimum atomic E-state index is 0.214. The molecule has 84 valence electrons. The van der Waals surface area contributed by atoms with Gasteiger partial charge in [-0.3, -0.25) is 0 Å². The Balaban J connectivity index is 2.53. The largest absolute Gasteiger partial charge is 0.466 e. The van der Waals surface area contributed by atoms with Crippen molar-refractivity contribution in [3.05, 3.63) is 17.6 Å². The Morgan fingerprint density at radius 3 is 2.56 bits per heavy atom. The van der Waals surface area contributed by atoms with Gasteiger partial charge in [0.15, 0.2) is 5.82 Å². The van der Waals surface area contributed by atoms with E-state index in [2.05, 4.69) is 20.1 Å². The number of nitrogen functional groups attached to an aromatic ring is 1. The Labute approximate surface area is 92.3 Å². The van der Waals surface area contributed by atoms with Crippen LogP contribution in [0.15, 0.2) is 6.07 Å². The van der Waals surface area contributed by atoms with Crippen LogP contribution in [-0.4, -0.2) is 31.8 Å². The van der Waals surface area contributed by atoms with Crippen molar-refractivity contribution in [3.63, 3.8) is 0 Å². The van der Waals surface area contributed by atoms with Crippen molar-refractivity contribution in [2.45, 2.75) is 13.8 Å². The van der Waals surface area contributed by atoms with Gasteiger partial charge in [-0.1, -0.05) is 0 Å². The number of anilines is 1. The van der Waals surface area contributed by atoms with Crippen molar-refractivity contribution in [1.82, 2.24) is 24.7 Å². The first kappa shape index (κ1) is 10.3. The molecule has 16 heavy (non-hydrogen) atoms. The number of ether oxygens (including phenoxy) is 1. The molecule has 0 unspecified atom stereocenters. The lowest BCUT2D eigenvalue weighted by atomic mass is 10.4. The van der Waals surface area contributed by atoms with Gasteiger partial charge in [0.1, 0.15) is 5.82 Å². The van der Waals surface area contributed by atoms with Crippen LogP contribution >= 0.6 is 0 Å². The summed E-state index contributed by atoms with van der Waals surface area (Å²) in [4.78, 5) is 12.3. The van der Waals surface area contributed by atoms with E-state index >= 15 is 0 Å². The second-order valence-corrected chi connectivity index (χ2v) is 3.28. The Kier molecular flexibility index (Phi) is 2.43. The van der Waals surface area contributed by atoms with Crippen LogP contribution in [-0.2, 0) is 0 Å². The van der Waals surface area contributed by atoms with Crippen LogP contribution in [0.2, 0.25) is 0 Å². The van der Waals surface area contributed by atoms with Gasteiger partial charge >= 0.3 is 6.01 Å². The van der Waals surface area contributed by atoms with Gasteiger partial charge in [0, 0.05) is 11.8 Å². The lowest BCUT2D eigenvalue weighted by Crippen LogP contribution is -2.07. The number of hydrogen-bond donors (Lipinski definition) is 1. The molecule has 2 aromatic rings. The normalized spacial score (nSPS) is 10.4. The highest BCUT2D eigenvalue weighted by Crippen LogP contribution is 2.13. The Hall–Kier alpha value is -2.18. The van der Waals surface area contributed by atoms with Crippen LogP contribution in [0.3, 0.4) is 0 Å². The first-order chi connectivity index (χ1) is 7.60. The number of methoxy groups -OCH3 is 1. The van der Waals surface area contributed by atoms with E-state index in [9.17, 15) is 0 Å². The Bertz CT molecular complexity index is 500. The molecule has 0 spiro atoms. The summed E-state index contributed by atoms with van der Waals surface area (Å²) in [5.41, 5.74) is 6.54. The molecule has 2 aromatic heterocycles. The molecule has 0 radical (unpaired) electrons. The zero-order chi connectivity index (χ0) is 11.7. The summed E-state index contributed by atoms with van der Waals surface area (Å²) in [6, 6.07) is 1.99. The average molecular weight is 220 g/mol. The summed E-state index contributed by atoms with van der Waals surface area (Å²) in [5, 5.41) is 4.05. The predicted molar refractivity (Wildman–Crippen MR) is 57.4 cm³/mol. The molecule has 0 amide bonds. The smallest absolute Gasteiger partial charge is 0.337 e. The van der Waals surface area contributed by atoms with Gasteiger partial charge < -0.3 is 10.5 Å². The third kappa shape index (κ3) is 1.79. The van der Waals surface area contributed by atoms with Gasteiger partial charge in [-0.15, -0.1) is 5.10 Å². The number of aryl methyl sites for hydroxylation is 2. The molecule has 0 bridgehead atoms. The summed E-state index contributed by atoms with van der Waals surface area (Å²) < 4.78 is 6.31. The van der Waals surface area contributed by atoms with Crippen LogP contribution in [0.25, 0.3) is 5.82 Å². The van der Waals surface area contributed by atoms with E-state index in [-0.39, 0.29) is 12.0 Å². The zero-order valence-electron chi connectivity index (χ0n) is 9.30. The van der Waals surface area contributed by atoms with Crippen molar-refractivity contribution < 1.29 is 4.74 Å². The van der Waals surface area contributed by atoms with Crippen molar-refractivity contribution in [1.29, 1.82) is 0 Å². The van der Waals surface area contributed by atoms with Gasteiger partial charge in [-0.2, -0.15) is 9.67 Å². The highest BCUT2D eigenvalue weighted by Gasteiger charge is 2.10. The molecular formula is C9H12N6O. The van der Waals surface area contributed by atoms with Gasteiger partial charge in [0.25, 0.3) is 0 Å². The van der Waals surface area contributed by atoms with E-state index in [0.717, 1.165) is 5.69 Å². The minimum Gasteiger partial charge on any atom is -0.466 e. The van der Waals surface area contributed by atoms with E-state index in [1.54, 1.807) is 13.0 Å². The number of nitrogens with zero attached hydrogens (tertiary/aromatic N) is 5. The highest BCUT2D eigenvalue weighted by molar-refractivity contribution is 5.33. The van der Waals surface area contributed by atoms with Crippen LogP contribution in [0, 0.1) is 13.8 Å². The lowest BCUT2D eigenvalue weighted by Gasteiger charge is -2.03. The molecule has 0 aliphatic carbocycles. The fourth-order valence-electron chi connectivity index (χ4n) is 1.37. The second kappa shape index (κ2) is 3.76. The number of rotatable bonds is 2. The first-order valence-electron chi connectivity index (χ1n) is 4.69. The molecule has 0 aliphatic rings. The number of hydrogen-bond acceptors (Lipinski definition) is 6. The van der Waals surface area contributed by atoms with E-state index < -0.39 is 0 Å². The number of nitrogens with two attached hydrogens (primary N) is 1. The van der Waals surface area contributed by atoms with Crippen LogP contribution in [0.5, 0.6) is 6.01 Å². The standard InChI is InChI=1S/C9H12N6O/c1-5-4-7(12-6(2)11-5)15-8(10)13-9(14-15)16-3/h4H,1-3H3,(H2,10,13,14). The van der Waals surface area contributed by atoms with Gasteiger partial charge in [-0.25, -0.2) is 9.97 Å². The quantitative estimate of drug-likeness (QED) is 0.780. The van der Waals surface area contributed by atoms with Crippen molar-refractivity contribution in [2.24, 2.45) is 0 Å². The molecule has 0 saturated heterocycles. The molecular weight excluding hydrogens is 208 g/mol. The summed E-state index contributed by atoms with van der Waals surface area (Å²) in [6.45, 7) is 3.68. The third-order valence-corrected chi connectivity index (χ3v) is 1.96. The molecule has 2 heterocycles. The predicted octanol–water partition coefficient (Wildman–Crippen LogP) is 0.265. The van der Waals surface area contributed by atoms with Crippen molar-refractivity contribution in [2.75, 3.05) is 12.8 Å². The average Bonchev–Trinajstić information content (AvgIpc) is 2.58. The minimum absolute atomic E-state index is 0.214. The highest BCUT2D eigenvalue weighted by atomic mass is 16.5. The van der Waals surface area contributed by atoms with E-state index in [4.69, 9.17) is 10.5 Å². The van der Waals surface area contributed by atoms with Gasteiger partial charge in [0.05, 0.1) is 7.11 Å². The monoisotopic (exact) mass is 220 g/mol. The Morgan fingerprint density at radius 1 is 1.25 bits per heavy atom. The summed E-state index contributed by atoms with van der Waals surface area (Å²) in [6.07, 6.45) is 0. The first-order valence-corrected chi connectivity index (χ1v) is 4.69. The number of aromatic nitrogens is 5. The molecule has 0 saturated carbocycles. The fourth-order valence-corrected chi connectivity index (χ4v) is 1.37. The van der Waals surface area contributed by atoms with E-state index in [1.165, 1.54) is 11.8 Å². The van der Waals surface area contributed by atoms with E-state index in [1.807, 2.05) is 6.92 Å². The maximum atomic E-state index is 5.70. The lowest BCUT2D eigenvalue weighted by molar-refractivity contribution is 0.379. The zero-order valence-corrected chi connectivity index (χ0v) is 9.30. The molecule has 2 N–H and O–H groups in total. The van der Waals surface area contributed by atoms with Crippen LogP contribution in [0.4, 0.5) is 5.95 Å². The summed E-state index contributed by atoms with van der Waals surface area (Å²) in [7, 11) is 1.48. The maximum absolute atomic E-state index is 5.70. The molecule has 7 nitrogen and oxygen atoms in total. The fraction of sp³-hybridized carbons (Fsp3) is 0.333. The maximum Gasteiger partial charge on any atom is 0.337 e. The SMILES string of the molecule is COc1nc(N)n(-c2cc(C)nc(C)n2)n1. The van der Waals surface area contributed by atoms with Crippen molar-refractivity contribution >= 4 is 5.95 Å². The van der Waals surface area contributed by atoms with Crippen LogP contribution in [0.1, 0.15) is 11.5 Å². The molecule has 7 heteroatoms. The molecule has 0 aromatic carbocycles. The second-order valence-electron chi connectivity index (χ2n) is 3.28. The Morgan fingerprint density at radius 2 is 2.00 bits per heavy atom. The van der Waals surface area contributed by atoms with Gasteiger partial charge in [-0.05, 0) is 13.8 Å². The third-order valence-electron chi connectivity index (χ3n) is 1.96. The summed E-state index contributed by atoms with van der Waals surface area (Å²) >= 11 is 0. The van der Waals surface area contributed by atoms with E-state index in [0.29, 0.717) is 11.6 Å². The molecule has 0 fully saturated rings. The molecule has 0 atom stereocenters. The topological polar surface area (TPSA) is 91.7 Å². The van der Waals surface area contributed by atoms with Crippen LogP contribution < -0.4 is 10.5 Å². The molecule has 2 rings (SSSR count). The van der Waals surface area contributed by atoms with Gasteiger partial charge in [0.2, 0.25) is 5.95 Å². The summed E-state index contributed by atoms with van der Waals surface area (Å²) in [5.74, 6) is 1.47. The molecule has 0 aliphatic heterocycles. The van der Waals surface area contributed by atoms with Crippen molar-refractivity contribution in [3.8, 4) is 11.8 Å².